The van der Waals surface area contributed by atoms with E-state index < -0.39 is 12.1 Å². The van der Waals surface area contributed by atoms with Gasteiger partial charge in [-0.2, -0.15) is 0 Å². The second kappa shape index (κ2) is 9.59. The van der Waals surface area contributed by atoms with Crippen molar-refractivity contribution < 1.29 is 14.6 Å². The van der Waals surface area contributed by atoms with Crippen LogP contribution in [0.4, 0.5) is 0 Å². The van der Waals surface area contributed by atoms with Crippen LogP contribution in [-0.2, 0) is 16.0 Å². The molecule has 1 unspecified atom stereocenters. The van der Waals surface area contributed by atoms with Crippen LogP contribution < -0.4 is 0 Å². The van der Waals surface area contributed by atoms with E-state index >= 15 is 0 Å². The first-order valence-corrected chi connectivity index (χ1v) is 10.8. The number of carbonyl (C=O) groups is 1. The Morgan fingerprint density at radius 1 is 1.10 bits per heavy atom. The summed E-state index contributed by atoms with van der Waals surface area (Å²) < 4.78 is 6.09. The zero-order valence-corrected chi connectivity index (χ0v) is 18.7. The van der Waals surface area contributed by atoms with Gasteiger partial charge in [-0.3, -0.25) is 4.98 Å². The van der Waals surface area contributed by atoms with Gasteiger partial charge in [0.15, 0.2) is 6.10 Å². The third-order valence-corrected chi connectivity index (χ3v) is 5.79. The van der Waals surface area contributed by atoms with Gasteiger partial charge in [-0.1, -0.05) is 56.6 Å². The number of hydrogen-bond donors (Lipinski definition) is 1. The van der Waals surface area contributed by atoms with E-state index in [0.29, 0.717) is 16.3 Å². The summed E-state index contributed by atoms with van der Waals surface area (Å²) in [6.07, 6.45) is 1.17. The molecule has 0 fully saturated rings. The molecule has 1 aromatic heterocycles. The van der Waals surface area contributed by atoms with Crippen molar-refractivity contribution in [2.45, 2.75) is 59.2 Å². The molecule has 0 amide bonds. The van der Waals surface area contributed by atoms with Gasteiger partial charge in [-0.25, -0.2) is 4.79 Å². The smallest absolute Gasteiger partial charge is 0.337 e. The van der Waals surface area contributed by atoms with Crippen molar-refractivity contribution in [1.29, 1.82) is 0 Å². The quantitative estimate of drug-likeness (QED) is 0.433. The molecule has 4 nitrogen and oxygen atoms in total. The van der Waals surface area contributed by atoms with Gasteiger partial charge in [-0.05, 0) is 61.1 Å². The molecular formula is C25H28ClNO3. The Hall–Kier alpha value is -2.43. The van der Waals surface area contributed by atoms with Crippen molar-refractivity contribution in [2.75, 3.05) is 0 Å². The number of hydrogen-bond acceptors (Lipinski definition) is 3. The number of fused-ring (bicyclic) bond motifs is 1. The molecule has 2 aromatic carbocycles. The van der Waals surface area contributed by atoms with Crippen LogP contribution in [0.25, 0.3) is 22.0 Å². The van der Waals surface area contributed by atoms with Crippen molar-refractivity contribution in [2.24, 2.45) is 0 Å². The summed E-state index contributed by atoms with van der Waals surface area (Å²) in [6, 6.07) is 13.7. The third-order valence-electron chi connectivity index (χ3n) is 5.55. The highest BCUT2D eigenvalue weighted by Gasteiger charge is 2.30. The Bertz CT molecular complexity index is 1040. The van der Waals surface area contributed by atoms with Crippen LogP contribution in [0.2, 0.25) is 5.02 Å². The molecule has 30 heavy (non-hydrogen) atoms. The summed E-state index contributed by atoms with van der Waals surface area (Å²) >= 11 is 6.31. The van der Waals surface area contributed by atoms with Crippen LogP contribution in [0.3, 0.4) is 0 Å². The molecule has 0 aliphatic heterocycles. The maximum Gasteiger partial charge on any atom is 0.337 e. The summed E-state index contributed by atoms with van der Waals surface area (Å²) in [7, 11) is 0. The summed E-state index contributed by atoms with van der Waals surface area (Å²) in [5, 5.41) is 11.5. The van der Waals surface area contributed by atoms with Crippen molar-refractivity contribution in [3.8, 4) is 11.1 Å². The third kappa shape index (κ3) is 4.50. The predicted octanol–water partition coefficient (Wildman–Crippen LogP) is 6.76. The Balaban J connectivity index is 2.33. The first kappa shape index (κ1) is 22.3. The molecule has 1 atom stereocenters. The lowest BCUT2D eigenvalue weighted by Gasteiger charge is -2.25. The Kier molecular flexibility index (Phi) is 7.11. The van der Waals surface area contributed by atoms with E-state index in [1.54, 1.807) is 6.07 Å². The van der Waals surface area contributed by atoms with Crippen molar-refractivity contribution in [3.05, 3.63) is 64.3 Å². The largest absolute Gasteiger partial charge is 0.479 e. The van der Waals surface area contributed by atoms with Crippen molar-refractivity contribution in [1.82, 2.24) is 4.98 Å². The SMILES string of the molecule is CCc1ccc(-c2c(C(OC(CC)CC)C(=O)O)c(C)nc3ccc(Cl)cc23)cc1. The zero-order valence-electron chi connectivity index (χ0n) is 17.9. The van der Waals surface area contributed by atoms with Crippen LogP contribution in [-0.4, -0.2) is 22.2 Å². The summed E-state index contributed by atoms with van der Waals surface area (Å²) in [6.45, 7) is 7.96. The zero-order chi connectivity index (χ0) is 21.8. The second-order valence-electron chi connectivity index (χ2n) is 7.49. The molecule has 0 aliphatic rings. The summed E-state index contributed by atoms with van der Waals surface area (Å²) in [5.74, 6) is -1.01. The molecule has 0 bridgehead atoms. The van der Waals surface area contributed by atoms with Crippen LogP contribution in [0.15, 0.2) is 42.5 Å². The lowest BCUT2D eigenvalue weighted by atomic mass is 9.90. The maximum atomic E-state index is 12.3. The van der Waals surface area contributed by atoms with Crippen molar-refractivity contribution in [3.63, 3.8) is 0 Å². The van der Waals surface area contributed by atoms with E-state index in [1.165, 1.54) is 5.56 Å². The molecule has 1 N–H and O–H groups in total. The minimum absolute atomic E-state index is 0.143. The fourth-order valence-electron chi connectivity index (χ4n) is 3.84. The van der Waals surface area contributed by atoms with E-state index in [2.05, 4.69) is 19.1 Å². The first-order chi connectivity index (χ1) is 14.4. The predicted molar refractivity (Wildman–Crippen MR) is 122 cm³/mol. The van der Waals surface area contributed by atoms with Crippen LogP contribution in [0, 0.1) is 6.92 Å². The highest BCUT2D eigenvalue weighted by atomic mass is 35.5. The highest BCUT2D eigenvalue weighted by Crippen LogP contribution is 2.39. The van der Waals surface area contributed by atoms with Gasteiger partial charge >= 0.3 is 5.97 Å². The van der Waals surface area contributed by atoms with Gasteiger partial charge in [0.05, 0.1) is 11.6 Å². The van der Waals surface area contributed by atoms with E-state index in [1.807, 2.05) is 45.0 Å². The fourth-order valence-corrected chi connectivity index (χ4v) is 4.01. The summed E-state index contributed by atoms with van der Waals surface area (Å²) in [5.41, 5.74) is 4.99. The first-order valence-electron chi connectivity index (χ1n) is 10.5. The Morgan fingerprint density at radius 2 is 1.77 bits per heavy atom. The van der Waals surface area contributed by atoms with E-state index in [-0.39, 0.29) is 6.10 Å². The molecule has 3 rings (SSSR count). The van der Waals surface area contributed by atoms with Crippen LogP contribution >= 0.6 is 11.6 Å². The number of aromatic nitrogens is 1. The number of carboxylic acids is 1. The van der Waals surface area contributed by atoms with Crippen LogP contribution in [0.1, 0.15) is 56.5 Å². The maximum absolute atomic E-state index is 12.3. The number of halogens is 1. The molecular weight excluding hydrogens is 398 g/mol. The van der Waals surface area contributed by atoms with Gasteiger partial charge in [0.2, 0.25) is 0 Å². The number of nitrogens with zero attached hydrogens (tertiary/aromatic N) is 1. The van der Waals surface area contributed by atoms with Crippen LogP contribution in [0.5, 0.6) is 0 Å². The topological polar surface area (TPSA) is 59.4 Å². The second-order valence-corrected chi connectivity index (χ2v) is 7.93. The minimum Gasteiger partial charge on any atom is -0.479 e. The number of carboxylic acid groups (broad SMARTS) is 1. The standard InChI is InChI=1S/C25H28ClNO3/c1-5-16-8-10-17(11-9-16)23-20-14-18(26)12-13-21(20)27-15(4)22(23)24(25(28)29)30-19(6-2)7-3/h8-14,19,24H,5-7H2,1-4H3,(H,28,29). The molecule has 0 radical (unpaired) electrons. The van der Waals surface area contributed by atoms with Gasteiger partial charge in [-0.15, -0.1) is 0 Å². The minimum atomic E-state index is -1.10. The number of pyridine rings is 1. The number of benzene rings is 2. The van der Waals surface area contributed by atoms with Gasteiger partial charge < -0.3 is 9.84 Å². The summed E-state index contributed by atoms with van der Waals surface area (Å²) in [4.78, 5) is 17.0. The molecule has 3 aromatic rings. The average Bonchev–Trinajstić information content (AvgIpc) is 2.74. The molecule has 5 heteroatoms. The van der Waals surface area contributed by atoms with Gasteiger partial charge in [0, 0.05) is 21.7 Å². The monoisotopic (exact) mass is 425 g/mol. The molecule has 0 aliphatic carbocycles. The van der Waals surface area contributed by atoms with Crippen molar-refractivity contribution >= 4 is 28.5 Å². The van der Waals surface area contributed by atoms with E-state index in [9.17, 15) is 9.90 Å². The highest BCUT2D eigenvalue weighted by molar-refractivity contribution is 6.31. The molecule has 0 saturated heterocycles. The average molecular weight is 426 g/mol. The normalized spacial score (nSPS) is 12.5. The van der Waals surface area contributed by atoms with E-state index in [0.717, 1.165) is 41.3 Å². The molecule has 0 spiro atoms. The van der Waals surface area contributed by atoms with E-state index in [4.69, 9.17) is 21.3 Å². The Labute approximate surface area is 182 Å². The number of aliphatic carboxylic acids is 1. The number of rotatable bonds is 8. The van der Waals surface area contributed by atoms with Gasteiger partial charge in [0.1, 0.15) is 0 Å². The lowest BCUT2D eigenvalue weighted by molar-refractivity contribution is -0.155. The number of aryl methyl sites for hydroxylation is 2. The lowest BCUT2D eigenvalue weighted by Crippen LogP contribution is -2.24. The Morgan fingerprint density at radius 3 is 2.33 bits per heavy atom. The fraction of sp³-hybridized carbons (Fsp3) is 0.360. The molecule has 158 valence electrons. The number of ether oxygens (including phenoxy) is 1. The van der Waals surface area contributed by atoms with Gasteiger partial charge in [0.25, 0.3) is 0 Å². The molecule has 1 heterocycles. The molecule has 0 saturated carbocycles.